The van der Waals surface area contributed by atoms with E-state index in [2.05, 4.69) is 25.8 Å². The zero-order valence-corrected chi connectivity index (χ0v) is 7.86. The predicted octanol–water partition coefficient (Wildman–Crippen LogP) is 0.131. The van der Waals surface area contributed by atoms with Crippen LogP contribution in [-0.4, -0.2) is 30.9 Å². The molecule has 0 fully saturated rings. The van der Waals surface area contributed by atoms with Crippen LogP contribution in [0.1, 0.15) is 6.92 Å². The molecule has 0 unspecified atom stereocenters. The Kier molecular flexibility index (Phi) is 2.01. The van der Waals surface area contributed by atoms with Crippen molar-refractivity contribution in [3.05, 3.63) is 11.5 Å². The summed E-state index contributed by atoms with van der Waals surface area (Å²) >= 11 is 5.77. The standard InChI is InChI=1S/C6H5ClN6O/c1-3(14)9-4-5(7)8-2-13-6(4)10-11-12-13/h2H,1H3,(H,9,14). The Bertz CT molecular complexity index is 494. The Morgan fingerprint density at radius 2 is 2.43 bits per heavy atom. The van der Waals surface area contributed by atoms with Gasteiger partial charge in [0.1, 0.15) is 12.0 Å². The highest BCUT2D eigenvalue weighted by Crippen LogP contribution is 2.21. The number of nitrogens with zero attached hydrogens (tertiary/aromatic N) is 5. The second-order valence-corrected chi connectivity index (χ2v) is 2.90. The quantitative estimate of drug-likeness (QED) is 0.680. The highest BCUT2D eigenvalue weighted by Gasteiger charge is 2.11. The molecular formula is C6H5ClN6O. The summed E-state index contributed by atoms with van der Waals surface area (Å²) < 4.78 is 1.32. The molecule has 14 heavy (non-hydrogen) atoms. The summed E-state index contributed by atoms with van der Waals surface area (Å²) in [6.45, 7) is 1.36. The smallest absolute Gasteiger partial charge is 0.221 e. The zero-order chi connectivity index (χ0) is 10.1. The molecule has 0 bridgehead atoms. The van der Waals surface area contributed by atoms with Crippen LogP contribution in [0, 0.1) is 0 Å². The first kappa shape index (κ1) is 8.82. The lowest BCUT2D eigenvalue weighted by molar-refractivity contribution is -0.114. The number of hydrogen-bond acceptors (Lipinski definition) is 5. The van der Waals surface area contributed by atoms with Gasteiger partial charge >= 0.3 is 0 Å². The normalized spacial score (nSPS) is 10.4. The highest BCUT2D eigenvalue weighted by molar-refractivity contribution is 6.33. The van der Waals surface area contributed by atoms with E-state index in [1.165, 1.54) is 17.8 Å². The number of nitrogens with one attached hydrogen (secondary N) is 1. The van der Waals surface area contributed by atoms with Crippen LogP contribution in [-0.2, 0) is 4.79 Å². The van der Waals surface area contributed by atoms with E-state index in [-0.39, 0.29) is 11.1 Å². The second kappa shape index (κ2) is 3.18. The number of fused-ring (bicyclic) bond motifs is 1. The first-order valence-corrected chi connectivity index (χ1v) is 4.06. The number of carbonyl (C=O) groups is 1. The van der Waals surface area contributed by atoms with Gasteiger partial charge in [0, 0.05) is 6.92 Å². The van der Waals surface area contributed by atoms with Crippen molar-refractivity contribution in [2.45, 2.75) is 6.92 Å². The Labute approximate surface area is 83.1 Å². The van der Waals surface area contributed by atoms with E-state index < -0.39 is 0 Å². The van der Waals surface area contributed by atoms with Crippen molar-refractivity contribution < 1.29 is 4.79 Å². The first-order valence-electron chi connectivity index (χ1n) is 3.68. The van der Waals surface area contributed by atoms with E-state index in [9.17, 15) is 4.79 Å². The molecule has 0 radical (unpaired) electrons. The number of hydrogen-bond donors (Lipinski definition) is 1. The highest BCUT2D eigenvalue weighted by atomic mass is 35.5. The fourth-order valence-corrected chi connectivity index (χ4v) is 1.16. The Morgan fingerprint density at radius 1 is 1.64 bits per heavy atom. The van der Waals surface area contributed by atoms with Crippen molar-refractivity contribution in [3.63, 3.8) is 0 Å². The van der Waals surface area contributed by atoms with Crippen LogP contribution in [0.25, 0.3) is 5.65 Å². The molecule has 0 aromatic carbocycles. The SMILES string of the molecule is CC(=O)Nc1c(Cl)ncn2nnnc12. The van der Waals surface area contributed by atoms with Gasteiger partial charge in [0.15, 0.2) is 5.15 Å². The van der Waals surface area contributed by atoms with Crippen LogP contribution >= 0.6 is 11.6 Å². The fraction of sp³-hybridized carbons (Fsp3) is 0.167. The number of tetrazole rings is 1. The van der Waals surface area contributed by atoms with Gasteiger partial charge in [-0.25, -0.2) is 4.98 Å². The minimum absolute atomic E-state index is 0.155. The molecule has 2 heterocycles. The molecule has 8 heteroatoms. The molecule has 72 valence electrons. The number of carbonyl (C=O) groups excluding carboxylic acids is 1. The van der Waals surface area contributed by atoms with Crippen LogP contribution in [0.3, 0.4) is 0 Å². The molecule has 0 atom stereocenters. The summed E-state index contributed by atoms with van der Waals surface area (Å²) in [7, 11) is 0. The van der Waals surface area contributed by atoms with Crippen LogP contribution in [0.4, 0.5) is 5.69 Å². The molecule has 0 saturated carbocycles. The molecule has 1 N–H and O–H groups in total. The Morgan fingerprint density at radius 3 is 3.14 bits per heavy atom. The van der Waals surface area contributed by atoms with E-state index in [4.69, 9.17) is 11.6 Å². The van der Waals surface area contributed by atoms with E-state index in [0.29, 0.717) is 11.3 Å². The van der Waals surface area contributed by atoms with Gasteiger partial charge in [-0.2, -0.15) is 4.52 Å². The summed E-state index contributed by atoms with van der Waals surface area (Å²) in [5.74, 6) is -0.259. The molecule has 2 aromatic rings. The molecule has 7 nitrogen and oxygen atoms in total. The monoisotopic (exact) mass is 212 g/mol. The van der Waals surface area contributed by atoms with Crippen molar-refractivity contribution >= 4 is 28.8 Å². The maximum atomic E-state index is 10.9. The summed E-state index contributed by atoms with van der Waals surface area (Å²) in [4.78, 5) is 14.7. The average Bonchev–Trinajstić information content (AvgIpc) is 2.57. The van der Waals surface area contributed by atoms with Gasteiger partial charge in [-0.3, -0.25) is 4.79 Å². The number of halogens is 1. The zero-order valence-electron chi connectivity index (χ0n) is 7.10. The van der Waals surface area contributed by atoms with Crippen molar-refractivity contribution in [1.29, 1.82) is 0 Å². The summed E-state index contributed by atoms with van der Waals surface area (Å²) in [6, 6.07) is 0. The third kappa shape index (κ3) is 1.37. The molecule has 2 rings (SSSR count). The van der Waals surface area contributed by atoms with Gasteiger partial charge in [0.05, 0.1) is 0 Å². The first-order chi connectivity index (χ1) is 6.68. The number of anilines is 1. The lowest BCUT2D eigenvalue weighted by atomic mass is 10.5. The maximum absolute atomic E-state index is 10.9. The van der Waals surface area contributed by atoms with Crippen molar-refractivity contribution in [2.24, 2.45) is 0 Å². The summed E-state index contributed by atoms with van der Waals surface area (Å²) in [5.41, 5.74) is 0.673. The van der Waals surface area contributed by atoms with Crippen molar-refractivity contribution in [3.8, 4) is 0 Å². The van der Waals surface area contributed by atoms with Crippen LogP contribution in [0.15, 0.2) is 6.33 Å². The van der Waals surface area contributed by atoms with Gasteiger partial charge < -0.3 is 5.32 Å². The van der Waals surface area contributed by atoms with E-state index >= 15 is 0 Å². The van der Waals surface area contributed by atoms with Gasteiger partial charge in [-0.05, 0) is 10.4 Å². The minimum Gasteiger partial charge on any atom is -0.321 e. The third-order valence-corrected chi connectivity index (χ3v) is 1.79. The van der Waals surface area contributed by atoms with Crippen LogP contribution in [0.5, 0.6) is 0 Å². The number of amides is 1. The number of rotatable bonds is 1. The minimum atomic E-state index is -0.259. The summed E-state index contributed by atoms with van der Waals surface area (Å²) in [6.07, 6.45) is 1.36. The molecule has 0 saturated heterocycles. The molecule has 0 aliphatic heterocycles. The average molecular weight is 213 g/mol. The lowest BCUT2D eigenvalue weighted by Crippen LogP contribution is -2.09. The van der Waals surface area contributed by atoms with Crippen molar-refractivity contribution in [1.82, 2.24) is 25.0 Å². The lowest BCUT2D eigenvalue weighted by Gasteiger charge is -2.03. The van der Waals surface area contributed by atoms with Crippen LogP contribution in [0.2, 0.25) is 5.15 Å². The largest absolute Gasteiger partial charge is 0.321 e. The van der Waals surface area contributed by atoms with E-state index in [1.54, 1.807) is 0 Å². The second-order valence-electron chi connectivity index (χ2n) is 2.54. The maximum Gasteiger partial charge on any atom is 0.221 e. The van der Waals surface area contributed by atoms with E-state index in [0.717, 1.165) is 0 Å². The topological polar surface area (TPSA) is 85.1 Å². The molecular weight excluding hydrogens is 208 g/mol. The van der Waals surface area contributed by atoms with Gasteiger partial charge in [0.2, 0.25) is 11.6 Å². The Balaban J connectivity index is 2.64. The molecule has 2 aromatic heterocycles. The van der Waals surface area contributed by atoms with Crippen molar-refractivity contribution in [2.75, 3.05) is 5.32 Å². The molecule has 0 aliphatic rings. The van der Waals surface area contributed by atoms with Gasteiger partial charge in [-0.15, -0.1) is 5.10 Å². The molecule has 1 amide bonds. The number of aromatic nitrogens is 5. The van der Waals surface area contributed by atoms with Gasteiger partial charge in [-0.1, -0.05) is 11.6 Å². The third-order valence-electron chi connectivity index (χ3n) is 1.50. The Hall–Kier alpha value is -1.76. The molecule has 0 aliphatic carbocycles. The van der Waals surface area contributed by atoms with E-state index in [1.807, 2.05) is 0 Å². The van der Waals surface area contributed by atoms with Gasteiger partial charge in [0.25, 0.3) is 0 Å². The fourth-order valence-electron chi connectivity index (χ4n) is 0.982. The molecule has 0 spiro atoms. The van der Waals surface area contributed by atoms with Crippen LogP contribution < -0.4 is 5.32 Å². The summed E-state index contributed by atoms with van der Waals surface area (Å²) in [5, 5.41) is 13.4. The predicted molar refractivity (Wildman–Crippen MR) is 47.9 cm³/mol.